The van der Waals surface area contributed by atoms with Crippen LogP contribution in [0.5, 0.6) is 0 Å². The van der Waals surface area contributed by atoms with Gasteiger partial charge in [0.25, 0.3) is 0 Å². The van der Waals surface area contributed by atoms with E-state index in [0.717, 1.165) is 11.7 Å². The van der Waals surface area contributed by atoms with Gasteiger partial charge in [-0.15, -0.1) is 22.9 Å². The van der Waals surface area contributed by atoms with E-state index >= 15 is 0 Å². The Kier molecular flexibility index (Phi) is 4.83. The molecule has 2 rings (SSSR count). The summed E-state index contributed by atoms with van der Waals surface area (Å²) >= 11 is 7.54. The molecule has 1 atom stereocenters. The summed E-state index contributed by atoms with van der Waals surface area (Å²) in [4.78, 5) is 7.09. The Bertz CT molecular complexity index is 347. The molecular weight excluding hydrogens is 252 g/mol. The maximum absolute atomic E-state index is 5.80. The van der Waals surface area contributed by atoms with E-state index in [0.29, 0.717) is 11.9 Å². The van der Waals surface area contributed by atoms with Crippen molar-refractivity contribution in [2.24, 2.45) is 0 Å². The number of aromatic nitrogens is 1. The molecule has 1 fully saturated rings. The van der Waals surface area contributed by atoms with Crippen LogP contribution in [0.2, 0.25) is 0 Å². The molecule has 0 amide bonds. The van der Waals surface area contributed by atoms with E-state index in [2.05, 4.69) is 29.2 Å². The van der Waals surface area contributed by atoms with E-state index in [1.165, 1.54) is 37.1 Å². The van der Waals surface area contributed by atoms with Crippen LogP contribution in [0.4, 0.5) is 0 Å². The first-order chi connectivity index (χ1) is 8.22. The summed E-state index contributed by atoms with van der Waals surface area (Å²) in [6, 6.07) is 1.15. The third-order valence-electron chi connectivity index (χ3n) is 3.83. The molecule has 0 radical (unpaired) electrons. The van der Waals surface area contributed by atoms with Crippen molar-refractivity contribution in [1.82, 2.24) is 9.88 Å². The monoisotopic (exact) mass is 272 g/mol. The zero-order valence-corrected chi connectivity index (χ0v) is 12.2. The van der Waals surface area contributed by atoms with Crippen molar-refractivity contribution in [3.8, 4) is 0 Å². The van der Waals surface area contributed by atoms with Gasteiger partial charge in [0.15, 0.2) is 0 Å². The minimum absolute atomic E-state index is 0.417. The van der Waals surface area contributed by atoms with Crippen LogP contribution in [0.1, 0.15) is 55.8 Å². The molecule has 0 aromatic carbocycles. The summed E-state index contributed by atoms with van der Waals surface area (Å²) in [7, 11) is 2.24. The zero-order valence-electron chi connectivity index (χ0n) is 10.7. The number of alkyl halides is 1. The molecule has 96 valence electrons. The molecule has 1 aromatic heterocycles. The van der Waals surface area contributed by atoms with Gasteiger partial charge in [0.1, 0.15) is 5.01 Å². The molecular formula is C13H21ClN2S. The quantitative estimate of drug-likeness (QED) is 0.764. The first-order valence-electron chi connectivity index (χ1n) is 6.44. The van der Waals surface area contributed by atoms with Gasteiger partial charge in [-0.3, -0.25) is 4.90 Å². The van der Waals surface area contributed by atoms with Crippen LogP contribution in [-0.2, 0) is 5.88 Å². The van der Waals surface area contributed by atoms with Crippen LogP contribution in [0.15, 0.2) is 5.38 Å². The molecule has 1 saturated carbocycles. The van der Waals surface area contributed by atoms with Gasteiger partial charge in [-0.1, -0.05) is 19.3 Å². The van der Waals surface area contributed by atoms with E-state index in [1.54, 1.807) is 11.3 Å². The number of thiazole rings is 1. The second-order valence-electron chi connectivity index (χ2n) is 4.94. The van der Waals surface area contributed by atoms with Crippen molar-refractivity contribution in [3.63, 3.8) is 0 Å². The van der Waals surface area contributed by atoms with Gasteiger partial charge in [-0.25, -0.2) is 4.98 Å². The van der Waals surface area contributed by atoms with Crippen LogP contribution in [-0.4, -0.2) is 23.0 Å². The summed E-state index contributed by atoms with van der Waals surface area (Å²) < 4.78 is 0. The topological polar surface area (TPSA) is 16.1 Å². The molecule has 0 aliphatic heterocycles. The van der Waals surface area contributed by atoms with Crippen molar-refractivity contribution < 1.29 is 0 Å². The van der Waals surface area contributed by atoms with Crippen molar-refractivity contribution in [2.75, 3.05) is 7.05 Å². The van der Waals surface area contributed by atoms with Gasteiger partial charge in [0.2, 0.25) is 0 Å². The number of nitrogens with zero attached hydrogens (tertiary/aromatic N) is 2. The molecule has 1 heterocycles. The number of hydrogen-bond acceptors (Lipinski definition) is 3. The molecule has 1 aliphatic rings. The fraction of sp³-hybridized carbons (Fsp3) is 0.769. The Hall–Kier alpha value is -0.120. The van der Waals surface area contributed by atoms with E-state index in [9.17, 15) is 0 Å². The SMILES string of the molecule is CC(c1nc(CCl)cs1)N(C)C1CCCCC1. The van der Waals surface area contributed by atoms with Gasteiger partial charge < -0.3 is 0 Å². The molecule has 1 aliphatic carbocycles. The third kappa shape index (κ3) is 3.21. The van der Waals surface area contributed by atoms with Gasteiger partial charge in [0, 0.05) is 11.4 Å². The highest BCUT2D eigenvalue weighted by molar-refractivity contribution is 7.09. The minimum atomic E-state index is 0.417. The molecule has 0 saturated heterocycles. The summed E-state index contributed by atoms with van der Waals surface area (Å²) in [6.45, 7) is 2.26. The minimum Gasteiger partial charge on any atom is -0.294 e. The maximum atomic E-state index is 5.80. The second-order valence-corrected chi connectivity index (χ2v) is 6.10. The van der Waals surface area contributed by atoms with Crippen LogP contribution >= 0.6 is 22.9 Å². The zero-order chi connectivity index (χ0) is 12.3. The highest BCUT2D eigenvalue weighted by Crippen LogP contribution is 2.30. The van der Waals surface area contributed by atoms with Crippen LogP contribution in [0.3, 0.4) is 0 Å². The van der Waals surface area contributed by atoms with Crippen LogP contribution < -0.4 is 0 Å². The molecule has 0 spiro atoms. The molecule has 0 bridgehead atoms. The Morgan fingerprint density at radius 2 is 2.18 bits per heavy atom. The molecule has 4 heteroatoms. The van der Waals surface area contributed by atoms with Crippen molar-refractivity contribution in [1.29, 1.82) is 0 Å². The lowest BCUT2D eigenvalue weighted by molar-refractivity contribution is 0.146. The Morgan fingerprint density at radius 1 is 1.47 bits per heavy atom. The second kappa shape index (κ2) is 6.17. The molecule has 2 nitrogen and oxygen atoms in total. The normalized spacial score (nSPS) is 19.8. The Labute approximate surface area is 113 Å². The maximum Gasteiger partial charge on any atom is 0.110 e. The first kappa shape index (κ1) is 13.3. The number of halogens is 1. The average Bonchev–Trinajstić information content (AvgIpc) is 2.87. The lowest BCUT2D eigenvalue weighted by atomic mass is 9.94. The van der Waals surface area contributed by atoms with Gasteiger partial charge >= 0.3 is 0 Å². The predicted molar refractivity (Wildman–Crippen MR) is 74.7 cm³/mol. The first-order valence-corrected chi connectivity index (χ1v) is 7.86. The van der Waals surface area contributed by atoms with Gasteiger partial charge in [-0.05, 0) is 26.8 Å². The lowest BCUT2D eigenvalue weighted by Gasteiger charge is -2.34. The standard InChI is InChI=1S/C13H21ClN2S/c1-10(13-15-11(8-14)9-17-13)16(2)12-6-4-3-5-7-12/h9-10,12H,3-8H2,1-2H3. The van der Waals surface area contributed by atoms with Crippen LogP contribution in [0, 0.1) is 0 Å². The predicted octanol–water partition coefficient (Wildman–Crippen LogP) is 4.21. The average molecular weight is 273 g/mol. The van der Waals surface area contributed by atoms with Crippen LogP contribution in [0.25, 0.3) is 0 Å². The van der Waals surface area contributed by atoms with E-state index in [-0.39, 0.29) is 0 Å². The summed E-state index contributed by atoms with van der Waals surface area (Å²) in [5.74, 6) is 0.524. The highest BCUT2D eigenvalue weighted by Gasteiger charge is 2.24. The lowest BCUT2D eigenvalue weighted by Crippen LogP contribution is -2.35. The van der Waals surface area contributed by atoms with E-state index in [1.807, 2.05) is 0 Å². The third-order valence-corrected chi connectivity index (χ3v) is 5.16. The Balaban J connectivity index is 2.00. The Morgan fingerprint density at radius 3 is 2.76 bits per heavy atom. The summed E-state index contributed by atoms with van der Waals surface area (Å²) in [6.07, 6.45) is 6.86. The molecule has 1 aromatic rings. The summed E-state index contributed by atoms with van der Waals surface area (Å²) in [5, 5.41) is 3.28. The number of hydrogen-bond donors (Lipinski definition) is 0. The van der Waals surface area contributed by atoms with Gasteiger partial charge in [0.05, 0.1) is 17.6 Å². The van der Waals surface area contributed by atoms with E-state index in [4.69, 9.17) is 11.6 Å². The molecule has 0 N–H and O–H groups in total. The van der Waals surface area contributed by atoms with Gasteiger partial charge in [-0.2, -0.15) is 0 Å². The number of rotatable bonds is 4. The highest BCUT2D eigenvalue weighted by atomic mass is 35.5. The molecule has 1 unspecified atom stereocenters. The van der Waals surface area contributed by atoms with Crippen molar-refractivity contribution >= 4 is 22.9 Å². The van der Waals surface area contributed by atoms with Crippen molar-refractivity contribution in [2.45, 2.75) is 57.0 Å². The summed E-state index contributed by atoms with van der Waals surface area (Å²) in [5.41, 5.74) is 1.01. The largest absolute Gasteiger partial charge is 0.294 e. The van der Waals surface area contributed by atoms with E-state index < -0.39 is 0 Å². The fourth-order valence-electron chi connectivity index (χ4n) is 2.55. The molecule has 17 heavy (non-hydrogen) atoms. The van der Waals surface area contributed by atoms with Crippen molar-refractivity contribution in [3.05, 3.63) is 16.1 Å². The smallest absolute Gasteiger partial charge is 0.110 e. The fourth-order valence-corrected chi connectivity index (χ4v) is 3.71.